The van der Waals surface area contributed by atoms with Crippen LogP contribution in [0.4, 0.5) is 0 Å². The van der Waals surface area contributed by atoms with Gasteiger partial charge in [0, 0.05) is 29.8 Å². The summed E-state index contributed by atoms with van der Waals surface area (Å²) in [5.41, 5.74) is 2.78. The molecule has 0 spiro atoms. The van der Waals surface area contributed by atoms with Crippen LogP contribution >= 0.6 is 0 Å². The summed E-state index contributed by atoms with van der Waals surface area (Å²) in [6.45, 7) is 2.58. The largest absolute Gasteiger partial charge is 0.497 e. The average molecular weight is 394 g/mol. The zero-order valence-electron chi connectivity index (χ0n) is 16.8. The van der Waals surface area contributed by atoms with E-state index < -0.39 is 0 Å². The Morgan fingerprint density at radius 1 is 1.14 bits per heavy atom. The molecular weight excluding hydrogens is 368 g/mol. The van der Waals surface area contributed by atoms with Crippen LogP contribution < -0.4 is 10.3 Å². The summed E-state index contributed by atoms with van der Waals surface area (Å²) >= 11 is 0. The number of ether oxygens (including phenoxy) is 1. The van der Waals surface area contributed by atoms with E-state index >= 15 is 0 Å². The van der Waals surface area contributed by atoms with Gasteiger partial charge in [0.05, 0.1) is 13.7 Å². The number of hydrogen-bond acceptors (Lipinski definition) is 4. The Balaban J connectivity index is 1.91. The van der Waals surface area contributed by atoms with Crippen molar-refractivity contribution in [1.29, 1.82) is 0 Å². The Bertz CT molecular complexity index is 1040. The fraction of sp³-hybridized carbons (Fsp3) is 0.304. The van der Waals surface area contributed by atoms with E-state index in [4.69, 9.17) is 4.74 Å². The molecule has 1 heterocycles. The van der Waals surface area contributed by atoms with E-state index in [0.29, 0.717) is 29.8 Å². The molecule has 0 saturated carbocycles. The van der Waals surface area contributed by atoms with Gasteiger partial charge in [-0.25, -0.2) is 0 Å². The molecule has 1 aromatic heterocycles. The average Bonchev–Trinajstić information content (AvgIpc) is 2.76. The molecule has 0 radical (unpaired) electrons. The van der Waals surface area contributed by atoms with Crippen LogP contribution in [0.3, 0.4) is 0 Å². The molecule has 6 nitrogen and oxygen atoms in total. The van der Waals surface area contributed by atoms with Gasteiger partial charge >= 0.3 is 0 Å². The van der Waals surface area contributed by atoms with Gasteiger partial charge in [-0.05, 0) is 66.3 Å². The number of nitrogens with zero attached hydrogens (tertiary/aromatic N) is 1. The Hall–Kier alpha value is -3.12. The van der Waals surface area contributed by atoms with Gasteiger partial charge in [0.1, 0.15) is 5.75 Å². The Kier molecular flexibility index (Phi) is 6.67. The maximum Gasteiger partial charge on any atom is 0.254 e. The fourth-order valence-electron chi connectivity index (χ4n) is 3.27. The second-order valence-electron chi connectivity index (χ2n) is 6.93. The molecule has 29 heavy (non-hydrogen) atoms. The van der Waals surface area contributed by atoms with Gasteiger partial charge in [-0.15, -0.1) is 0 Å². The number of H-pyrrole nitrogens is 1. The van der Waals surface area contributed by atoms with Crippen molar-refractivity contribution in [3.63, 3.8) is 0 Å². The van der Waals surface area contributed by atoms with Crippen molar-refractivity contribution < 1.29 is 14.6 Å². The molecule has 0 aliphatic carbocycles. The number of aryl methyl sites for hydroxylation is 1. The first-order chi connectivity index (χ1) is 14.0. The van der Waals surface area contributed by atoms with E-state index in [9.17, 15) is 14.7 Å². The highest BCUT2D eigenvalue weighted by Crippen LogP contribution is 2.17. The third-order valence-electron chi connectivity index (χ3n) is 4.97. The lowest BCUT2D eigenvalue weighted by Crippen LogP contribution is -2.34. The predicted octanol–water partition coefficient (Wildman–Crippen LogP) is 3.12. The molecule has 3 aromatic rings. The van der Waals surface area contributed by atoms with E-state index in [1.54, 1.807) is 36.3 Å². The quantitative estimate of drug-likeness (QED) is 0.615. The highest BCUT2D eigenvalue weighted by molar-refractivity contribution is 5.94. The third kappa shape index (κ3) is 4.84. The smallest absolute Gasteiger partial charge is 0.254 e. The van der Waals surface area contributed by atoms with Crippen LogP contribution in [0.15, 0.2) is 53.3 Å². The van der Waals surface area contributed by atoms with Crippen molar-refractivity contribution in [1.82, 2.24) is 9.88 Å². The number of benzene rings is 2. The van der Waals surface area contributed by atoms with E-state index in [-0.39, 0.29) is 24.6 Å². The number of aliphatic hydroxyl groups is 1. The summed E-state index contributed by atoms with van der Waals surface area (Å²) in [7, 11) is 1.57. The maximum absolute atomic E-state index is 13.0. The number of hydrogen-bond donors (Lipinski definition) is 2. The summed E-state index contributed by atoms with van der Waals surface area (Å²) in [6, 6.07) is 14.7. The molecule has 0 aliphatic rings. The number of pyridine rings is 1. The fourth-order valence-corrected chi connectivity index (χ4v) is 3.27. The molecule has 3 rings (SSSR count). The molecule has 0 bridgehead atoms. The summed E-state index contributed by atoms with van der Waals surface area (Å²) in [5, 5.41) is 10.2. The number of carbonyl (C=O) groups is 1. The van der Waals surface area contributed by atoms with Crippen molar-refractivity contribution in [2.24, 2.45) is 0 Å². The van der Waals surface area contributed by atoms with Crippen molar-refractivity contribution in [3.8, 4) is 5.75 Å². The molecule has 6 heteroatoms. The van der Waals surface area contributed by atoms with Crippen LogP contribution in [0.5, 0.6) is 5.75 Å². The molecular formula is C23H26N2O4. The molecule has 0 saturated heterocycles. The summed E-state index contributed by atoms with van der Waals surface area (Å²) in [4.78, 5) is 30.1. The minimum absolute atomic E-state index is 0.0275. The van der Waals surface area contributed by atoms with E-state index in [1.807, 2.05) is 18.2 Å². The van der Waals surface area contributed by atoms with Crippen molar-refractivity contribution in [3.05, 3.63) is 75.6 Å². The third-order valence-corrected chi connectivity index (χ3v) is 4.97. The van der Waals surface area contributed by atoms with Gasteiger partial charge in [0.15, 0.2) is 0 Å². The SMILES string of the molecule is CCc1ccc2[nH]c(=O)c(CN(CCCO)C(=O)c3ccc(OC)cc3)cc2c1. The summed E-state index contributed by atoms with van der Waals surface area (Å²) < 4.78 is 5.14. The molecule has 2 N–H and O–H groups in total. The zero-order valence-corrected chi connectivity index (χ0v) is 16.8. The van der Waals surface area contributed by atoms with Crippen molar-refractivity contribution in [2.45, 2.75) is 26.3 Å². The lowest BCUT2D eigenvalue weighted by molar-refractivity contribution is 0.0731. The summed E-state index contributed by atoms with van der Waals surface area (Å²) in [5.74, 6) is 0.476. The minimum atomic E-state index is -0.210. The Labute approximate surface area is 169 Å². The van der Waals surface area contributed by atoms with Crippen LogP contribution in [0.25, 0.3) is 10.9 Å². The molecule has 0 atom stereocenters. The number of rotatable bonds is 8. The second-order valence-corrected chi connectivity index (χ2v) is 6.93. The number of aromatic amines is 1. The number of carbonyl (C=O) groups excluding carboxylic acids is 1. The van der Waals surface area contributed by atoms with Gasteiger partial charge in [0.25, 0.3) is 11.5 Å². The standard InChI is InChI=1S/C23H26N2O4/c1-3-16-5-10-21-18(13-16)14-19(22(27)24-21)15-25(11-4-12-26)23(28)17-6-8-20(29-2)9-7-17/h5-10,13-14,26H,3-4,11-12,15H2,1-2H3,(H,24,27). The molecule has 0 fully saturated rings. The molecule has 2 aromatic carbocycles. The van der Waals surface area contributed by atoms with E-state index in [2.05, 4.69) is 18.0 Å². The molecule has 1 amide bonds. The second kappa shape index (κ2) is 9.39. The highest BCUT2D eigenvalue weighted by atomic mass is 16.5. The van der Waals surface area contributed by atoms with E-state index in [1.165, 1.54) is 5.56 Å². The van der Waals surface area contributed by atoms with Crippen LogP contribution in [0.1, 0.15) is 34.8 Å². The zero-order chi connectivity index (χ0) is 20.8. The van der Waals surface area contributed by atoms with Crippen molar-refractivity contribution in [2.75, 3.05) is 20.3 Å². The first-order valence-electron chi connectivity index (χ1n) is 9.74. The number of fused-ring (bicyclic) bond motifs is 1. The van der Waals surface area contributed by atoms with Gasteiger partial charge in [-0.2, -0.15) is 0 Å². The molecule has 0 unspecified atom stereocenters. The monoisotopic (exact) mass is 394 g/mol. The van der Waals surface area contributed by atoms with E-state index in [0.717, 1.165) is 17.3 Å². The lowest BCUT2D eigenvalue weighted by Gasteiger charge is -2.22. The van der Waals surface area contributed by atoms with Crippen LogP contribution in [-0.4, -0.2) is 41.2 Å². The van der Waals surface area contributed by atoms with Crippen LogP contribution in [0.2, 0.25) is 0 Å². The Morgan fingerprint density at radius 3 is 2.55 bits per heavy atom. The number of aromatic nitrogens is 1. The van der Waals surface area contributed by atoms with Crippen LogP contribution in [0, 0.1) is 0 Å². The first-order valence-corrected chi connectivity index (χ1v) is 9.74. The lowest BCUT2D eigenvalue weighted by atomic mass is 10.1. The Morgan fingerprint density at radius 2 is 1.90 bits per heavy atom. The van der Waals surface area contributed by atoms with Gasteiger partial charge < -0.3 is 19.7 Å². The molecule has 0 aliphatic heterocycles. The first kappa shape index (κ1) is 20.6. The molecule has 152 valence electrons. The normalized spacial score (nSPS) is 10.9. The van der Waals surface area contributed by atoms with Gasteiger partial charge in [-0.1, -0.05) is 13.0 Å². The predicted molar refractivity (Wildman–Crippen MR) is 113 cm³/mol. The topological polar surface area (TPSA) is 82.6 Å². The van der Waals surface area contributed by atoms with Gasteiger partial charge in [0.2, 0.25) is 0 Å². The van der Waals surface area contributed by atoms with Crippen LogP contribution in [-0.2, 0) is 13.0 Å². The summed E-state index contributed by atoms with van der Waals surface area (Å²) in [6.07, 6.45) is 1.34. The minimum Gasteiger partial charge on any atom is -0.497 e. The maximum atomic E-state index is 13.0. The highest BCUT2D eigenvalue weighted by Gasteiger charge is 2.18. The number of methoxy groups -OCH3 is 1. The van der Waals surface area contributed by atoms with Gasteiger partial charge in [-0.3, -0.25) is 9.59 Å². The van der Waals surface area contributed by atoms with Crippen molar-refractivity contribution >= 4 is 16.8 Å². The number of amides is 1. The number of aliphatic hydroxyl groups excluding tert-OH is 1. The number of nitrogens with one attached hydrogen (secondary N) is 1.